The highest BCUT2D eigenvalue weighted by Crippen LogP contribution is 2.26. The van der Waals surface area contributed by atoms with Gasteiger partial charge in [0, 0.05) is 43.6 Å². The molecule has 1 aliphatic heterocycles. The minimum absolute atomic E-state index is 0. The van der Waals surface area contributed by atoms with Crippen LogP contribution in [0.4, 0.5) is 0 Å². The normalized spacial score (nSPS) is 18.0. The molecule has 0 amide bonds. The van der Waals surface area contributed by atoms with Gasteiger partial charge in [0.2, 0.25) is 0 Å². The maximum Gasteiger partial charge on any atom is 0.191 e. The fraction of sp³-hybridized carbons (Fsp3) is 0.722. The molecule has 144 valence electrons. The zero-order valence-corrected chi connectivity index (χ0v) is 18.7. The molecule has 0 saturated carbocycles. The van der Waals surface area contributed by atoms with Gasteiger partial charge in [0.05, 0.1) is 12.7 Å². The van der Waals surface area contributed by atoms with Crippen LogP contribution in [0, 0.1) is 0 Å². The second-order valence-corrected chi connectivity index (χ2v) is 7.72. The summed E-state index contributed by atoms with van der Waals surface area (Å²) in [6.07, 6.45) is 3.57. The number of hydrogen-bond donors (Lipinski definition) is 2. The number of aliphatic imine (C=N–C) groups is 1. The first kappa shape index (κ1) is 22.7. The number of nitrogens with zero attached hydrogens (tertiary/aromatic N) is 1. The monoisotopic (exact) mass is 481 g/mol. The Labute approximate surface area is 173 Å². The number of ether oxygens (including phenoxy) is 2. The minimum Gasteiger partial charge on any atom is -0.379 e. The number of nitrogens with one attached hydrogen (secondary N) is 2. The van der Waals surface area contributed by atoms with Crippen LogP contribution in [0.2, 0.25) is 0 Å². The molecule has 2 rings (SSSR count). The van der Waals surface area contributed by atoms with Crippen LogP contribution in [0.3, 0.4) is 0 Å². The highest BCUT2D eigenvalue weighted by Gasteiger charge is 2.21. The first-order valence-electron chi connectivity index (χ1n) is 8.79. The Hall–Kier alpha value is -0.380. The molecule has 2 N–H and O–H groups in total. The summed E-state index contributed by atoms with van der Waals surface area (Å²) >= 11 is 1.80. The average Bonchev–Trinajstić information content (AvgIpc) is 3.27. The van der Waals surface area contributed by atoms with E-state index in [-0.39, 0.29) is 29.4 Å². The van der Waals surface area contributed by atoms with E-state index in [1.54, 1.807) is 18.4 Å². The molecule has 7 heteroatoms. The Kier molecular flexibility index (Phi) is 11.0. The van der Waals surface area contributed by atoms with Crippen LogP contribution in [0.15, 0.2) is 22.5 Å². The second kappa shape index (κ2) is 12.1. The fourth-order valence-electron chi connectivity index (χ4n) is 2.65. The number of rotatable bonds is 9. The molecule has 1 aromatic rings. The van der Waals surface area contributed by atoms with Crippen molar-refractivity contribution in [3.8, 4) is 0 Å². The highest BCUT2D eigenvalue weighted by molar-refractivity contribution is 14.0. The van der Waals surface area contributed by atoms with Gasteiger partial charge < -0.3 is 20.1 Å². The molecule has 1 aliphatic rings. The zero-order valence-electron chi connectivity index (χ0n) is 15.5. The summed E-state index contributed by atoms with van der Waals surface area (Å²) in [5.74, 6) is 0.846. The fourth-order valence-corrected chi connectivity index (χ4v) is 3.50. The van der Waals surface area contributed by atoms with Crippen molar-refractivity contribution >= 4 is 41.3 Å². The van der Waals surface area contributed by atoms with E-state index in [1.165, 1.54) is 11.3 Å². The van der Waals surface area contributed by atoms with Crippen LogP contribution >= 0.6 is 35.3 Å². The molecule has 5 nitrogen and oxygen atoms in total. The van der Waals surface area contributed by atoms with Crippen molar-refractivity contribution in [3.05, 3.63) is 22.4 Å². The molecule has 1 unspecified atom stereocenters. The van der Waals surface area contributed by atoms with Gasteiger partial charge in [0.15, 0.2) is 5.96 Å². The van der Waals surface area contributed by atoms with Gasteiger partial charge in [0.25, 0.3) is 0 Å². The quantitative estimate of drug-likeness (QED) is 0.246. The molecule has 0 bridgehead atoms. The molecule has 0 spiro atoms. The number of hydrogen-bond acceptors (Lipinski definition) is 4. The Morgan fingerprint density at radius 3 is 2.92 bits per heavy atom. The molecule has 0 radical (unpaired) electrons. The molecular weight excluding hydrogens is 449 g/mol. The van der Waals surface area contributed by atoms with Crippen LogP contribution in [0.25, 0.3) is 0 Å². The van der Waals surface area contributed by atoms with Gasteiger partial charge in [-0.1, -0.05) is 19.9 Å². The predicted molar refractivity (Wildman–Crippen MR) is 117 cm³/mol. The van der Waals surface area contributed by atoms with Crippen molar-refractivity contribution in [1.82, 2.24) is 10.6 Å². The van der Waals surface area contributed by atoms with Crippen LogP contribution in [0.1, 0.15) is 38.0 Å². The molecule has 1 saturated heterocycles. The van der Waals surface area contributed by atoms with Crippen LogP contribution < -0.4 is 10.6 Å². The molecule has 25 heavy (non-hydrogen) atoms. The molecular formula is C18H32IN3O2S. The van der Waals surface area contributed by atoms with E-state index in [0.29, 0.717) is 6.10 Å². The van der Waals surface area contributed by atoms with E-state index in [4.69, 9.17) is 9.47 Å². The summed E-state index contributed by atoms with van der Waals surface area (Å²) in [6, 6.07) is 4.29. The first-order chi connectivity index (χ1) is 11.6. The maximum absolute atomic E-state index is 5.67. The topological polar surface area (TPSA) is 54.9 Å². The Balaban J connectivity index is 0.00000312. The molecule has 0 aliphatic carbocycles. The van der Waals surface area contributed by atoms with Crippen molar-refractivity contribution in [1.29, 1.82) is 0 Å². The second-order valence-electron chi connectivity index (χ2n) is 6.78. The van der Waals surface area contributed by atoms with Gasteiger partial charge in [-0.3, -0.25) is 4.99 Å². The number of guanidine groups is 1. The van der Waals surface area contributed by atoms with Gasteiger partial charge in [-0.25, -0.2) is 0 Å². The van der Waals surface area contributed by atoms with Crippen LogP contribution in [-0.4, -0.2) is 52.0 Å². The minimum atomic E-state index is 0. The average molecular weight is 481 g/mol. The van der Waals surface area contributed by atoms with E-state index < -0.39 is 0 Å². The van der Waals surface area contributed by atoms with E-state index >= 15 is 0 Å². The van der Waals surface area contributed by atoms with Gasteiger partial charge in [-0.2, -0.15) is 0 Å². The van der Waals surface area contributed by atoms with Gasteiger partial charge >= 0.3 is 0 Å². The van der Waals surface area contributed by atoms with Crippen LogP contribution in [0.5, 0.6) is 0 Å². The van der Waals surface area contributed by atoms with Crippen molar-refractivity contribution in [2.24, 2.45) is 4.99 Å². The van der Waals surface area contributed by atoms with Crippen molar-refractivity contribution < 1.29 is 9.47 Å². The Morgan fingerprint density at radius 1 is 1.44 bits per heavy atom. The standard InChI is InChI=1S/C18H31N3O2S.HI/c1-18(2,16-8-5-12-24-16)14-21-17(19-3)20-9-6-10-22-13-15-7-4-11-23-15;/h5,8,12,15H,4,6-7,9-11,13-14H2,1-3H3,(H2,19,20,21);1H. The van der Waals surface area contributed by atoms with Gasteiger partial charge in [-0.05, 0) is 30.7 Å². The number of thiophene rings is 1. The summed E-state index contributed by atoms with van der Waals surface area (Å²) in [4.78, 5) is 5.67. The van der Waals surface area contributed by atoms with Gasteiger partial charge in [-0.15, -0.1) is 35.3 Å². The third-order valence-electron chi connectivity index (χ3n) is 4.20. The summed E-state index contributed by atoms with van der Waals surface area (Å²) in [7, 11) is 1.81. The smallest absolute Gasteiger partial charge is 0.191 e. The van der Waals surface area contributed by atoms with E-state index in [2.05, 4.69) is 47.0 Å². The van der Waals surface area contributed by atoms with Crippen molar-refractivity contribution in [3.63, 3.8) is 0 Å². The van der Waals surface area contributed by atoms with Crippen LogP contribution in [-0.2, 0) is 14.9 Å². The summed E-state index contributed by atoms with van der Waals surface area (Å²) in [6.45, 7) is 8.56. The van der Waals surface area contributed by atoms with Crippen molar-refractivity contribution in [2.75, 3.05) is 40.0 Å². The Bertz CT molecular complexity index is 489. The third kappa shape index (κ3) is 8.23. The lowest BCUT2D eigenvalue weighted by Crippen LogP contribution is -2.43. The van der Waals surface area contributed by atoms with Crippen molar-refractivity contribution in [2.45, 2.75) is 44.6 Å². The lowest BCUT2D eigenvalue weighted by Gasteiger charge is -2.25. The Morgan fingerprint density at radius 2 is 2.28 bits per heavy atom. The lowest BCUT2D eigenvalue weighted by atomic mass is 9.91. The molecule has 2 heterocycles. The summed E-state index contributed by atoms with van der Waals surface area (Å²) in [5, 5.41) is 8.89. The highest BCUT2D eigenvalue weighted by atomic mass is 127. The molecule has 0 aromatic carbocycles. The van der Waals surface area contributed by atoms with E-state index in [1.807, 2.05) is 0 Å². The SMILES string of the molecule is CN=C(NCCCOCC1CCCO1)NCC(C)(C)c1cccs1.I. The molecule has 1 atom stereocenters. The first-order valence-corrected chi connectivity index (χ1v) is 9.67. The summed E-state index contributed by atoms with van der Waals surface area (Å²) in [5.41, 5.74) is 0.0934. The van der Waals surface area contributed by atoms with E-state index in [9.17, 15) is 0 Å². The van der Waals surface area contributed by atoms with E-state index in [0.717, 1.165) is 51.7 Å². The number of halogens is 1. The van der Waals surface area contributed by atoms with Gasteiger partial charge in [0.1, 0.15) is 0 Å². The molecule has 1 aromatic heterocycles. The predicted octanol–water partition coefficient (Wildman–Crippen LogP) is 3.39. The lowest BCUT2D eigenvalue weighted by molar-refractivity contribution is 0.0168. The third-order valence-corrected chi connectivity index (χ3v) is 5.43. The molecule has 1 fully saturated rings. The largest absolute Gasteiger partial charge is 0.379 e. The summed E-state index contributed by atoms with van der Waals surface area (Å²) < 4.78 is 11.2. The zero-order chi connectivity index (χ0) is 17.3. The maximum atomic E-state index is 5.67.